The van der Waals surface area contributed by atoms with Crippen LogP contribution in [0.3, 0.4) is 0 Å². The van der Waals surface area contributed by atoms with Crippen LogP contribution in [0.5, 0.6) is 23.0 Å². The first-order valence-electron chi connectivity index (χ1n) is 11.5. The maximum absolute atomic E-state index is 12.7. The Morgan fingerprint density at radius 2 is 1.73 bits per heavy atom. The largest absolute Gasteiger partial charge is 0.504 e. The number of aliphatic hydroxyl groups excluding tert-OH is 2. The molecular formula is C26H34O7. The molecule has 0 spiro atoms. The molecule has 1 saturated carbocycles. The van der Waals surface area contributed by atoms with Gasteiger partial charge in [0.1, 0.15) is 5.78 Å². The molecule has 1 aliphatic carbocycles. The van der Waals surface area contributed by atoms with Crippen LogP contribution in [0.25, 0.3) is 0 Å². The number of carbonyl (C=O) groups excluding carboxylic acids is 1. The summed E-state index contributed by atoms with van der Waals surface area (Å²) < 4.78 is 5.12. The second-order valence-electron chi connectivity index (χ2n) is 9.10. The first-order chi connectivity index (χ1) is 15.8. The van der Waals surface area contributed by atoms with Gasteiger partial charge in [0.25, 0.3) is 0 Å². The number of aryl methyl sites for hydroxylation is 1. The van der Waals surface area contributed by atoms with Crippen molar-refractivity contribution in [2.75, 3.05) is 7.11 Å². The number of hydrogen-bond acceptors (Lipinski definition) is 7. The summed E-state index contributed by atoms with van der Waals surface area (Å²) in [5, 5.41) is 49.9. The molecule has 180 valence electrons. The van der Waals surface area contributed by atoms with E-state index >= 15 is 0 Å². The summed E-state index contributed by atoms with van der Waals surface area (Å²) in [7, 11) is 1.44. The van der Waals surface area contributed by atoms with Gasteiger partial charge in [-0.1, -0.05) is 25.3 Å². The standard InChI is InChI=1S/C26H34O7/c1-33-25-12-17(18(16-27)11-24(25)32)5-7-20(28)14-21(29)15-26(9-3-2-4-10-26)19-6-8-22(30)23(31)13-19/h6,8,11-13,21,27,29-32H,2-5,7,9-10,14-16H2,1H3. The molecule has 0 amide bonds. The Bertz CT molecular complexity index is 963. The van der Waals surface area contributed by atoms with E-state index in [1.54, 1.807) is 18.2 Å². The molecule has 0 heterocycles. The summed E-state index contributed by atoms with van der Waals surface area (Å²) in [6.45, 7) is -0.258. The minimum Gasteiger partial charge on any atom is -0.504 e. The van der Waals surface area contributed by atoms with Crippen LogP contribution in [-0.2, 0) is 23.2 Å². The normalized spacial score (nSPS) is 16.3. The van der Waals surface area contributed by atoms with E-state index < -0.39 is 6.10 Å². The van der Waals surface area contributed by atoms with Crippen molar-refractivity contribution in [3.63, 3.8) is 0 Å². The molecule has 2 aromatic rings. The van der Waals surface area contributed by atoms with Gasteiger partial charge < -0.3 is 30.3 Å². The van der Waals surface area contributed by atoms with Crippen LogP contribution in [0, 0.1) is 0 Å². The Kier molecular flexibility index (Phi) is 8.21. The van der Waals surface area contributed by atoms with Gasteiger partial charge >= 0.3 is 0 Å². The van der Waals surface area contributed by atoms with E-state index in [4.69, 9.17) is 4.74 Å². The SMILES string of the molecule is COc1cc(CCC(=O)CC(O)CC2(c3ccc(O)c(O)c3)CCCCC2)c(CO)cc1O. The third-order valence-corrected chi connectivity index (χ3v) is 6.83. The predicted octanol–water partition coefficient (Wildman–Crippen LogP) is 3.85. The van der Waals surface area contributed by atoms with Gasteiger partial charge in [-0.05, 0) is 72.1 Å². The first kappa shape index (κ1) is 24.9. The molecular weight excluding hydrogens is 424 g/mol. The van der Waals surface area contributed by atoms with E-state index in [0.29, 0.717) is 18.4 Å². The molecule has 1 unspecified atom stereocenters. The zero-order valence-electron chi connectivity index (χ0n) is 19.1. The Morgan fingerprint density at radius 3 is 2.36 bits per heavy atom. The number of hydrogen-bond donors (Lipinski definition) is 5. The van der Waals surface area contributed by atoms with Crippen LogP contribution >= 0.6 is 0 Å². The number of carbonyl (C=O) groups is 1. The first-order valence-corrected chi connectivity index (χ1v) is 11.5. The van der Waals surface area contributed by atoms with Gasteiger partial charge in [-0.2, -0.15) is 0 Å². The van der Waals surface area contributed by atoms with E-state index in [-0.39, 0.29) is 53.6 Å². The minimum atomic E-state index is -0.821. The van der Waals surface area contributed by atoms with E-state index in [0.717, 1.165) is 43.2 Å². The van der Waals surface area contributed by atoms with Crippen molar-refractivity contribution in [3.8, 4) is 23.0 Å². The highest BCUT2D eigenvalue weighted by Gasteiger charge is 2.36. The van der Waals surface area contributed by atoms with Gasteiger partial charge in [0.2, 0.25) is 0 Å². The highest BCUT2D eigenvalue weighted by Crippen LogP contribution is 2.45. The van der Waals surface area contributed by atoms with Gasteiger partial charge in [0.15, 0.2) is 23.0 Å². The van der Waals surface area contributed by atoms with E-state index in [1.165, 1.54) is 19.2 Å². The Hall–Kier alpha value is -2.77. The molecule has 0 bridgehead atoms. The monoisotopic (exact) mass is 458 g/mol. The number of Topliss-reactive ketones (excluding diaryl/α,β-unsaturated/α-hetero) is 1. The van der Waals surface area contributed by atoms with E-state index in [1.807, 2.05) is 0 Å². The lowest BCUT2D eigenvalue weighted by molar-refractivity contribution is -0.121. The average molecular weight is 459 g/mol. The highest BCUT2D eigenvalue weighted by atomic mass is 16.5. The Balaban J connectivity index is 1.65. The Morgan fingerprint density at radius 1 is 1.00 bits per heavy atom. The average Bonchev–Trinajstić information content (AvgIpc) is 2.80. The fourth-order valence-electron chi connectivity index (χ4n) is 5.05. The van der Waals surface area contributed by atoms with Gasteiger partial charge in [-0.15, -0.1) is 0 Å². The van der Waals surface area contributed by atoms with Crippen molar-refractivity contribution in [1.29, 1.82) is 0 Å². The summed E-state index contributed by atoms with van der Waals surface area (Å²) in [4.78, 5) is 12.7. The molecule has 1 fully saturated rings. The number of aliphatic hydroxyl groups is 2. The third kappa shape index (κ3) is 5.97. The van der Waals surface area contributed by atoms with Crippen LogP contribution in [0.4, 0.5) is 0 Å². The molecule has 1 aliphatic rings. The number of rotatable bonds is 10. The molecule has 0 aliphatic heterocycles. The second-order valence-corrected chi connectivity index (χ2v) is 9.10. The fraction of sp³-hybridized carbons (Fsp3) is 0.500. The molecule has 0 saturated heterocycles. The fourth-order valence-corrected chi connectivity index (χ4v) is 5.05. The van der Waals surface area contributed by atoms with Crippen LogP contribution in [-0.4, -0.2) is 44.5 Å². The number of aromatic hydroxyl groups is 3. The lowest BCUT2D eigenvalue weighted by Crippen LogP contribution is -2.34. The summed E-state index contributed by atoms with van der Waals surface area (Å²) in [6, 6.07) is 7.91. The van der Waals surface area contributed by atoms with Crippen molar-refractivity contribution >= 4 is 5.78 Å². The van der Waals surface area contributed by atoms with Crippen LogP contribution in [0.2, 0.25) is 0 Å². The zero-order valence-corrected chi connectivity index (χ0v) is 19.1. The molecule has 7 heteroatoms. The van der Waals surface area contributed by atoms with E-state index in [9.17, 15) is 30.3 Å². The lowest BCUT2D eigenvalue weighted by Gasteiger charge is -2.39. The molecule has 7 nitrogen and oxygen atoms in total. The highest BCUT2D eigenvalue weighted by molar-refractivity contribution is 5.79. The smallest absolute Gasteiger partial charge is 0.160 e. The molecule has 5 N–H and O–H groups in total. The van der Waals surface area contributed by atoms with Gasteiger partial charge in [0.05, 0.1) is 19.8 Å². The zero-order chi connectivity index (χ0) is 24.0. The Labute approximate surface area is 194 Å². The maximum atomic E-state index is 12.7. The van der Waals surface area contributed by atoms with Crippen molar-refractivity contribution < 1.29 is 35.1 Å². The molecule has 33 heavy (non-hydrogen) atoms. The molecule has 3 rings (SSSR count). The van der Waals surface area contributed by atoms with Crippen molar-refractivity contribution in [1.82, 2.24) is 0 Å². The summed E-state index contributed by atoms with van der Waals surface area (Å²) in [5.74, 6) is -0.213. The number of benzene rings is 2. The van der Waals surface area contributed by atoms with Gasteiger partial charge in [0, 0.05) is 12.8 Å². The number of methoxy groups -OCH3 is 1. The summed E-state index contributed by atoms with van der Waals surface area (Å²) in [6.07, 6.45) is 5.03. The van der Waals surface area contributed by atoms with Crippen LogP contribution in [0.1, 0.15) is 68.1 Å². The van der Waals surface area contributed by atoms with Crippen molar-refractivity contribution in [3.05, 3.63) is 47.0 Å². The number of ketones is 1. The summed E-state index contributed by atoms with van der Waals surface area (Å²) >= 11 is 0. The van der Waals surface area contributed by atoms with Crippen molar-refractivity contribution in [2.45, 2.75) is 75.9 Å². The van der Waals surface area contributed by atoms with E-state index in [2.05, 4.69) is 0 Å². The third-order valence-electron chi connectivity index (χ3n) is 6.83. The summed E-state index contributed by atoms with van der Waals surface area (Å²) in [5.41, 5.74) is 1.80. The van der Waals surface area contributed by atoms with Gasteiger partial charge in [-0.3, -0.25) is 4.79 Å². The molecule has 1 atom stereocenters. The molecule has 2 aromatic carbocycles. The second kappa shape index (κ2) is 10.9. The maximum Gasteiger partial charge on any atom is 0.160 e. The van der Waals surface area contributed by atoms with Crippen molar-refractivity contribution in [2.24, 2.45) is 0 Å². The predicted molar refractivity (Wildman–Crippen MR) is 124 cm³/mol. The minimum absolute atomic E-state index is 0.0233. The van der Waals surface area contributed by atoms with Crippen LogP contribution in [0.15, 0.2) is 30.3 Å². The molecule has 0 radical (unpaired) electrons. The van der Waals surface area contributed by atoms with Crippen LogP contribution < -0.4 is 4.74 Å². The number of ether oxygens (including phenoxy) is 1. The topological polar surface area (TPSA) is 127 Å². The number of phenols is 3. The number of phenolic OH excluding ortho intramolecular Hbond substituents is 3. The van der Waals surface area contributed by atoms with Gasteiger partial charge in [-0.25, -0.2) is 0 Å². The molecule has 0 aromatic heterocycles. The lowest BCUT2D eigenvalue weighted by atomic mass is 9.66. The quantitative estimate of drug-likeness (QED) is 0.342.